The van der Waals surface area contributed by atoms with Crippen LogP contribution in [-0.4, -0.2) is 91.1 Å². The van der Waals surface area contributed by atoms with Crippen LogP contribution in [0.1, 0.15) is 6.42 Å². The zero-order chi connectivity index (χ0) is 15.3. The Morgan fingerprint density at radius 2 is 1.70 bits per heavy atom. The summed E-state index contributed by atoms with van der Waals surface area (Å²) in [6.07, 6.45) is 0.317. The summed E-state index contributed by atoms with van der Waals surface area (Å²) < 4.78 is 22.8. The van der Waals surface area contributed by atoms with E-state index in [0.29, 0.717) is 6.42 Å². The Morgan fingerprint density at radius 3 is 2.10 bits per heavy atom. The number of amides is 2. The van der Waals surface area contributed by atoms with Gasteiger partial charge in [-0.05, 0) is 6.42 Å². The molecule has 0 aromatic rings. The fourth-order valence-electron chi connectivity index (χ4n) is 2.09. The molecule has 2 amide bonds. The molecule has 0 radical (unpaired) electrons. The highest BCUT2D eigenvalue weighted by atomic mass is 32.2. The van der Waals surface area contributed by atoms with Gasteiger partial charge in [0.15, 0.2) is 9.84 Å². The quantitative estimate of drug-likeness (QED) is 0.540. The molecule has 1 aliphatic rings. The number of aliphatic hydroxyl groups excluding tert-OH is 2. The van der Waals surface area contributed by atoms with Crippen LogP contribution in [0.5, 0.6) is 0 Å². The van der Waals surface area contributed by atoms with Gasteiger partial charge in [0.2, 0.25) is 0 Å². The van der Waals surface area contributed by atoms with Gasteiger partial charge in [-0.25, -0.2) is 8.42 Å². The molecular weight excluding hydrogens is 288 g/mol. The van der Waals surface area contributed by atoms with E-state index in [1.165, 1.54) is 7.05 Å². The molecule has 1 atom stereocenters. The molecule has 8 nitrogen and oxygen atoms in total. The van der Waals surface area contributed by atoms with Gasteiger partial charge in [0.1, 0.15) is 0 Å². The molecule has 1 saturated heterocycles. The summed E-state index contributed by atoms with van der Waals surface area (Å²) in [6, 6.07) is -0.499. The van der Waals surface area contributed by atoms with Gasteiger partial charge in [-0.3, -0.25) is 9.59 Å². The van der Waals surface area contributed by atoms with Crippen LogP contribution < -0.4 is 0 Å². The van der Waals surface area contributed by atoms with Crippen LogP contribution in [0, 0.1) is 0 Å². The maximum atomic E-state index is 12.0. The van der Waals surface area contributed by atoms with Crippen molar-refractivity contribution >= 4 is 21.7 Å². The third-order valence-electron chi connectivity index (χ3n) is 3.29. The van der Waals surface area contributed by atoms with Crippen molar-refractivity contribution in [1.29, 1.82) is 0 Å². The number of carbonyl (C=O) groups excluding carboxylic acids is 2. The molecule has 0 bridgehead atoms. The van der Waals surface area contributed by atoms with E-state index in [1.54, 1.807) is 0 Å². The third kappa shape index (κ3) is 4.15. The predicted octanol–water partition coefficient (Wildman–Crippen LogP) is -2.55. The van der Waals surface area contributed by atoms with Crippen molar-refractivity contribution in [2.75, 3.05) is 44.9 Å². The molecule has 0 aromatic carbocycles. The minimum absolute atomic E-state index is 0.0144. The molecule has 0 saturated carbocycles. The monoisotopic (exact) mass is 308 g/mol. The highest BCUT2D eigenvalue weighted by molar-refractivity contribution is 7.91. The van der Waals surface area contributed by atoms with Crippen LogP contribution in [0.2, 0.25) is 0 Å². The number of rotatable bonds is 5. The molecule has 1 unspecified atom stereocenters. The molecule has 0 spiro atoms. The van der Waals surface area contributed by atoms with Crippen molar-refractivity contribution in [2.24, 2.45) is 0 Å². The molecule has 0 aromatic heterocycles. The van der Waals surface area contributed by atoms with Crippen LogP contribution in [0.25, 0.3) is 0 Å². The van der Waals surface area contributed by atoms with E-state index in [-0.39, 0.29) is 37.8 Å². The van der Waals surface area contributed by atoms with Gasteiger partial charge < -0.3 is 20.0 Å². The van der Waals surface area contributed by atoms with E-state index in [4.69, 9.17) is 10.2 Å². The fraction of sp³-hybridized carbons (Fsp3) is 0.818. The molecule has 20 heavy (non-hydrogen) atoms. The van der Waals surface area contributed by atoms with Gasteiger partial charge in [-0.1, -0.05) is 0 Å². The third-order valence-corrected chi connectivity index (χ3v) is 5.04. The van der Waals surface area contributed by atoms with Crippen LogP contribution in [0.4, 0.5) is 0 Å². The summed E-state index contributed by atoms with van der Waals surface area (Å²) in [4.78, 5) is 26.1. The highest BCUT2D eigenvalue weighted by Crippen LogP contribution is 2.16. The molecule has 1 fully saturated rings. The predicted molar refractivity (Wildman–Crippen MR) is 70.6 cm³/mol. The number of hydrogen-bond acceptors (Lipinski definition) is 6. The summed E-state index contributed by atoms with van der Waals surface area (Å²) in [5, 5.41) is 17.7. The minimum Gasteiger partial charge on any atom is -0.395 e. The van der Waals surface area contributed by atoms with Crippen molar-refractivity contribution < 1.29 is 28.2 Å². The second kappa shape index (κ2) is 7.00. The molecule has 2 N–H and O–H groups in total. The Labute approximate surface area is 117 Å². The molecule has 1 rings (SSSR count). The standard InChI is InChI=1S/C11H20N2O6S/c1-12(9-2-7-20(18,19)8-9)10(16)11(17)13(3-5-14)4-6-15/h9,14-15H,2-8H2,1H3. The maximum Gasteiger partial charge on any atom is 0.312 e. The number of sulfone groups is 1. The Kier molecular flexibility index (Phi) is 5.90. The second-order valence-corrected chi connectivity index (χ2v) is 6.94. The summed E-state index contributed by atoms with van der Waals surface area (Å²) in [5.74, 6) is -1.79. The van der Waals surface area contributed by atoms with Crippen molar-refractivity contribution in [3.63, 3.8) is 0 Å². The number of nitrogens with zero attached hydrogens (tertiary/aromatic N) is 2. The highest BCUT2D eigenvalue weighted by Gasteiger charge is 2.35. The Morgan fingerprint density at radius 1 is 1.15 bits per heavy atom. The van der Waals surface area contributed by atoms with E-state index in [0.717, 1.165) is 9.80 Å². The van der Waals surface area contributed by atoms with Crippen LogP contribution >= 0.6 is 0 Å². The molecule has 0 aliphatic carbocycles. The fourth-order valence-corrected chi connectivity index (χ4v) is 3.86. The summed E-state index contributed by atoms with van der Waals surface area (Å²) in [7, 11) is -1.75. The van der Waals surface area contributed by atoms with Gasteiger partial charge in [0.25, 0.3) is 0 Å². The number of carbonyl (C=O) groups is 2. The first kappa shape index (κ1) is 16.9. The van der Waals surface area contributed by atoms with Crippen molar-refractivity contribution in [3.8, 4) is 0 Å². The first-order valence-electron chi connectivity index (χ1n) is 6.30. The lowest BCUT2D eigenvalue weighted by Gasteiger charge is -2.26. The molecule has 9 heteroatoms. The zero-order valence-electron chi connectivity index (χ0n) is 11.4. The summed E-state index contributed by atoms with van der Waals surface area (Å²) >= 11 is 0. The Hall–Kier alpha value is -1.19. The first-order chi connectivity index (χ1) is 9.32. The van der Waals surface area contributed by atoms with Crippen molar-refractivity contribution in [3.05, 3.63) is 0 Å². The molecule has 1 heterocycles. The van der Waals surface area contributed by atoms with E-state index in [9.17, 15) is 18.0 Å². The SMILES string of the molecule is CN(C(=O)C(=O)N(CCO)CCO)C1CCS(=O)(=O)C1. The average molecular weight is 308 g/mol. The first-order valence-corrected chi connectivity index (χ1v) is 8.12. The summed E-state index contributed by atoms with van der Waals surface area (Å²) in [5.41, 5.74) is 0. The van der Waals surface area contributed by atoms with Gasteiger partial charge in [0, 0.05) is 26.2 Å². The van der Waals surface area contributed by atoms with Gasteiger partial charge in [-0.15, -0.1) is 0 Å². The molecule has 1 aliphatic heterocycles. The topological polar surface area (TPSA) is 115 Å². The van der Waals surface area contributed by atoms with Crippen molar-refractivity contribution in [1.82, 2.24) is 9.80 Å². The number of aliphatic hydroxyl groups is 2. The largest absolute Gasteiger partial charge is 0.395 e. The smallest absolute Gasteiger partial charge is 0.312 e. The van der Waals surface area contributed by atoms with E-state index in [1.807, 2.05) is 0 Å². The zero-order valence-corrected chi connectivity index (χ0v) is 12.2. The van der Waals surface area contributed by atoms with Crippen LogP contribution in [0.15, 0.2) is 0 Å². The lowest BCUT2D eigenvalue weighted by Crippen LogP contribution is -2.49. The van der Waals surface area contributed by atoms with Gasteiger partial charge in [0.05, 0.1) is 24.7 Å². The average Bonchev–Trinajstić information content (AvgIpc) is 2.76. The Balaban J connectivity index is 2.70. The van der Waals surface area contributed by atoms with Gasteiger partial charge in [-0.2, -0.15) is 0 Å². The van der Waals surface area contributed by atoms with Crippen LogP contribution in [-0.2, 0) is 19.4 Å². The summed E-state index contributed by atoms with van der Waals surface area (Å²) in [6.45, 7) is -0.745. The molecular formula is C11H20N2O6S. The lowest BCUT2D eigenvalue weighted by molar-refractivity contribution is -0.152. The van der Waals surface area contributed by atoms with E-state index >= 15 is 0 Å². The van der Waals surface area contributed by atoms with Crippen LogP contribution in [0.3, 0.4) is 0 Å². The molecule has 116 valence electrons. The van der Waals surface area contributed by atoms with E-state index in [2.05, 4.69) is 0 Å². The maximum absolute atomic E-state index is 12.0. The van der Waals surface area contributed by atoms with E-state index < -0.39 is 27.7 Å². The number of hydrogen-bond donors (Lipinski definition) is 2. The Bertz CT molecular complexity index is 458. The number of likely N-dealkylation sites (N-methyl/N-ethyl adjacent to an activating group) is 1. The van der Waals surface area contributed by atoms with Gasteiger partial charge >= 0.3 is 11.8 Å². The normalized spacial score (nSPS) is 20.6. The lowest BCUT2D eigenvalue weighted by atomic mass is 10.2. The second-order valence-electron chi connectivity index (χ2n) is 4.71. The minimum atomic E-state index is -3.14. The van der Waals surface area contributed by atoms with Crippen molar-refractivity contribution in [2.45, 2.75) is 12.5 Å².